The van der Waals surface area contributed by atoms with Crippen LogP contribution in [0.3, 0.4) is 0 Å². The van der Waals surface area contributed by atoms with Gasteiger partial charge in [0.25, 0.3) is 5.91 Å². The molecule has 12 atom stereocenters. The van der Waals surface area contributed by atoms with Gasteiger partial charge in [0.15, 0.2) is 0 Å². The van der Waals surface area contributed by atoms with Crippen LogP contribution < -0.4 is 87.2 Å². The molecule has 0 spiro atoms. The van der Waals surface area contributed by atoms with Crippen LogP contribution in [0, 0.1) is 5.92 Å². The number of amides is 11. The van der Waals surface area contributed by atoms with E-state index in [9.17, 15) is 63.0 Å². The Bertz CT molecular complexity index is 2830. The summed E-state index contributed by atoms with van der Waals surface area (Å²) in [7, 11) is 0. The van der Waals surface area contributed by atoms with Gasteiger partial charge in [-0.1, -0.05) is 86.6 Å². The Morgan fingerprint density at radius 1 is 0.506 bits per heavy atom. The first kappa shape index (κ1) is 73.0. The molecular formula is C60H90N16O13. The second-order valence-corrected chi connectivity index (χ2v) is 22.1. The molecule has 3 aromatic rings. The lowest BCUT2D eigenvalue weighted by Gasteiger charge is -2.29. The number of carbonyl (C=O) groups excluding carboxylic acids is 11. The average molecular weight is 1240 g/mol. The van der Waals surface area contributed by atoms with Crippen LogP contribution >= 0.6 is 0 Å². The molecule has 0 radical (unpaired) electrons. The summed E-state index contributed by atoms with van der Waals surface area (Å²) in [5.41, 5.74) is 32.0. The minimum Gasteiger partial charge on any atom is -0.391 e. The highest BCUT2D eigenvalue weighted by atomic mass is 16.3. The van der Waals surface area contributed by atoms with Gasteiger partial charge in [0.1, 0.15) is 60.4 Å². The maximum absolute atomic E-state index is 14.6. The highest BCUT2D eigenvalue weighted by Crippen LogP contribution is 2.20. The summed E-state index contributed by atoms with van der Waals surface area (Å²) in [6, 6.07) is 9.50. The van der Waals surface area contributed by atoms with E-state index in [1.54, 1.807) is 68.4 Å². The number of aliphatic hydroxyl groups excluding tert-OH is 2. The van der Waals surface area contributed by atoms with E-state index in [0.29, 0.717) is 5.56 Å². The Hall–Kier alpha value is -8.45. The molecule has 1 saturated heterocycles. The van der Waals surface area contributed by atoms with Crippen molar-refractivity contribution in [2.75, 3.05) is 39.3 Å². The maximum Gasteiger partial charge on any atom is 0.251 e. The van der Waals surface area contributed by atoms with Crippen LogP contribution in [0.2, 0.25) is 0 Å². The van der Waals surface area contributed by atoms with E-state index in [0.717, 1.165) is 11.1 Å². The molecular weight excluding hydrogens is 1150 g/mol. The molecule has 1 fully saturated rings. The van der Waals surface area contributed by atoms with Crippen LogP contribution in [0.25, 0.3) is 11.1 Å². The molecule has 0 aliphatic carbocycles. The quantitative estimate of drug-likeness (QED) is 0.0378. The summed E-state index contributed by atoms with van der Waals surface area (Å²) >= 11 is 0. The monoisotopic (exact) mass is 1240 g/mol. The van der Waals surface area contributed by atoms with Crippen molar-refractivity contribution in [2.45, 2.75) is 152 Å². The Kier molecular flexibility index (Phi) is 30.7. The van der Waals surface area contributed by atoms with E-state index in [1.165, 1.54) is 13.8 Å². The van der Waals surface area contributed by atoms with Gasteiger partial charge in [-0.25, -0.2) is 0 Å². The van der Waals surface area contributed by atoms with Gasteiger partial charge in [-0.05, 0) is 126 Å². The molecule has 488 valence electrons. The van der Waals surface area contributed by atoms with Crippen LogP contribution in [0.4, 0.5) is 0 Å². The zero-order valence-corrected chi connectivity index (χ0v) is 50.8. The maximum atomic E-state index is 14.6. The normalized spacial score (nSPS) is 21.9. The van der Waals surface area contributed by atoms with Crippen molar-refractivity contribution in [2.24, 2.45) is 34.6 Å². The van der Waals surface area contributed by atoms with Crippen molar-refractivity contribution in [3.8, 4) is 11.1 Å². The predicted octanol–water partition coefficient (Wildman–Crippen LogP) is -4.87. The molecule has 3 aromatic carbocycles. The van der Waals surface area contributed by atoms with Crippen molar-refractivity contribution in [3.05, 3.63) is 96.1 Å². The van der Waals surface area contributed by atoms with Crippen LogP contribution in [0.1, 0.15) is 88.6 Å². The minimum absolute atomic E-state index is 0.0391. The van der Waals surface area contributed by atoms with Gasteiger partial charge in [-0.2, -0.15) is 0 Å². The number of hydrogen-bond acceptors (Lipinski definition) is 18. The lowest BCUT2D eigenvalue weighted by Crippen LogP contribution is -2.62. The van der Waals surface area contributed by atoms with Gasteiger partial charge in [0, 0.05) is 18.5 Å². The van der Waals surface area contributed by atoms with Crippen molar-refractivity contribution in [3.63, 3.8) is 0 Å². The highest BCUT2D eigenvalue weighted by Gasteiger charge is 2.38. The second kappa shape index (κ2) is 37.4. The van der Waals surface area contributed by atoms with Gasteiger partial charge in [-0.15, -0.1) is 0 Å². The van der Waals surface area contributed by atoms with Crippen LogP contribution in [0.15, 0.2) is 84.9 Å². The first-order valence-corrected chi connectivity index (χ1v) is 29.8. The molecule has 23 N–H and O–H groups in total. The number of benzene rings is 3. The Balaban J connectivity index is 1.69. The SMILES string of the molecule is CC(C)C[C@@H]1NC(=O)[C@@H](Cc2ccccc2)NC(=O)[C@H](CCN)NC(=O)[C@@H](NC(=O)[C@H](CCN)NC(=O)[C@@H](NC(=O)[C@H](CCN)NC(=O)c2ccc(-c3ccccc3)cc2)[C@@H](C)O)CCNC(=O)[C@H]([C@@H](C)O)NC(=O)[C@H](CCN)NC(=O)[C@H](CCN)NC1=O. The standard InChI is InChI=1S/C60H90N16O13/c1-33(2)31-46-57(86)70-40(19-25-61)51(80)69-44(23-29-65)56(85)75-48(34(3)77)59(88)66-30-24-45(54(83)68-41(20-26-62)53(82)74-47(58(87)73-46)32-36-11-7-5-8-12-36)71-52(81)42(21-27-63)72-60(89)49(35(4)78)76-55(84)43(22-28-64)67-50(79)39-17-15-38(16-18-39)37-13-9-6-10-14-37/h5-18,33-35,40-49,77-78H,19-32,61-65H2,1-4H3,(H,66,88)(H,67,79)(H,68,83)(H,69,80)(H,70,86)(H,71,81)(H,72,89)(H,73,87)(H,74,82)(H,75,85)(H,76,84)/t34-,35-,40+,41+,42+,43+,44+,45+,46+,47-,48+,49+/m1/s1. The first-order chi connectivity index (χ1) is 42.4. The third-order valence-corrected chi connectivity index (χ3v) is 14.4. The molecule has 1 aliphatic rings. The summed E-state index contributed by atoms with van der Waals surface area (Å²) in [6.45, 7) is 4.67. The van der Waals surface area contributed by atoms with Crippen LogP contribution in [-0.4, -0.2) is 187 Å². The molecule has 11 amide bonds. The fourth-order valence-electron chi connectivity index (χ4n) is 9.56. The van der Waals surface area contributed by atoms with Gasteiger partial charge in [-0.3, -0.25) is 52.7 Å². The Morgan fingerprint density at radius 2 is 0.966 bits per heavy atom. The molecule has 0 bridgehead atoms. The molecule has 4 rings (SSSR count). The summed E-state index contributed by atoms with van der Waals surface area (Å²) in [6.07, 6.45) is -4.70. The van der Waals surface area contributed by atoms with Crippen LogP contribution in [0.5, 0.6) is 0 Å². The van der Waals surface area contributed by atoms with E-state index in [1.807, 2.05) is 30.3 Å². The third-order valence-electron chi connectivity index (χ3n) is 14.4. The molecule has 89 heavy (non-hydrogen) atoms. The fraction of sp³-hybridized carbons (Fsp3) is 0.517. The fourth-order valence-corrected chi connectivity index (χ4v) is 9.56. The van der Waals surface area contributed by atoms with Crippen molar-refractivity contribution in [1.29, 1.82) is 0 Å². The molecule has 1 aliphatic heterocycles. The lowest BCUT2D eigenvalue weighted by molar-refractivity contribution is -0.136. The van der Waals surface area contributed by atoms with Gasteiger partial charge in [0.2, 0.25) is 59.1 Å². The van der Waals surface area contributed by atoms with E-state index in [2.05, 4.69) is 58.5 Å². The van der Waals surface area contributed by atoms with Crippen molar-refractivity contribution in [1.82, 2.24) is 58.5 Å². The second-order valence-electron chi connectivity index (χ2n) is 22.1. The third kappa shape index (κ3) is 23.5. The molecule has 0 aromatic heterocycles. The summed E-state index contributed by atoms with van der Waals surface area (Å²) in [4.78, 5) is 155. The smallest absolute Gasteiger partial charge is 0.251 e. The van der Waals surface area contributed by atoms with E-state index in [4.69, 9.17) is 28.7 Å². The lowest BCUT2D eigenvalue weighted by atomic mass is 10.00. The van der Waals surface area contributed by atoms with Crippen molar-refractivity contribution >= 4 is 65.0 Å². The molecule has 29 heteroatoms. The molecule has 1 heterocycles. The topological polar surface area (TPSA) is 491 Å². The Labute approximate surface area is 517 Å². The molecule has 29 nitrogen and oxygen atoms in total. The number of hydrogen-bond donors (Lipinski definition) is 18. The minimum atomic E-state index is -1.75. The first-order valence-electron chi connectivity index (χ1n) is 29.8. The molecule has 0 unspecified atom stereocenters. The number of carbonyl (C=O) groups is 11. The van der Waals surface area contributed by atoms with E-state index in [-0.39, 0.29) is 89.2 Å². The highest BCUT2D eigenvalue weighted by molar-refractivity contribution is 6.01. The summed E-state index contributed by atoms with van der Waals surface area (Å²) < 4.78 is 0. The van der Waals surface area contributed by atoms with Gasteiger partial charge >= 0.3 is 0 Å². The zero-order chi connectivity index (χ0) is 65.7. The van der Waals surface area contributed by atoms with E-state index >= 15 is 0 Å². The van der Waals surface area contributed by atoms with Crippen LogP contribution in [-0.2, 0) is 54.4 Å². The summed E-state index contributed by atoms with van der Waals surface area (Å²) in [5, 5.41) is 49.7. The Morgan fingerprint density at radius 3 is 1.47 bits per heavy atom. The number of rotatable bonds is 25. The zero-order valence-electron chi connectivity index (χ0n) is 50.8. The average Bonchev–Trinajstić information content (AvgIpc) is 3.72. The van der Waals surface area contributed by atoms with Gasteiger partial charge < -0.3 is 97.4 Å². The van der Waals surface area contributed by atoms with Crippen molar-refractivity contribution < 1.29 is 63.0 Å². The number of aliphatic hydroxyl groups is 2. The van der Waals surface area contributed by atoms with E-state index < -0.39 is 151 Å². The van der Waals surface area contributed by atoms with Gasteiger partial charge in [0.05, 0.1) is 12.2 Å². The summed E-state index contributed by atoms with van der Waals surface area (Å²) in [5.74, 6) is -10.3. The number of nitrogens with two attached hydrogens (primary N) is 5. The number of nitrogens with one attached hydrogen (secondary N) is 11. The largest absolute Gasteiger partial charge is 0.391 e. The molecule has 0 saturated carbocycles. The predicted molar refractivity (Wildman–Crippen MR) is 329 cm³/mol.